The van der Waals surface area contributed by atoms with E-state index in [9.17, 15) is 18.9 Å². The molecule has 22 heavy (non-hydrogen) atoms. The smallest absolute Gasteiger partial charge is 0.390 e. The first kappa shape index (κ1) is 13.7. The van der Waals surface area contributed by atoms with Crippen LogP contribution in [0.5, 0.6) is 0 Å². The van der Waals surface area contributed by atoms with Crippen LogP contribution in [0, 0.1) is 21.7 Å². The predicted molar refractivity (Wildman–Crippen MR) is 67.1 cm³/mol. The summed E-state index contributed by atoms with van der Waals surface area (Å²) in [6.07, 6.45) is 2.66. The zero-order valence-corrected chi connectivity index (χ0v) is 10.8. The van der Waals surface area contributed by atoms with E-state index in [0.717, 1.165) is 12.1 Å². The van der Waals surface area contributed by atoms with E-state index in [-0.39, 0.29) is 6.54 Å². The third-order valence-electron chi connectivity index (χ3n) is 2.72. The van der Waals surface area contributed by atoms with Crippen LogP contribution in [0.25, 0.3) is 5.69 Å². The highest BCUT2D eigenvalue weighted by molar-refractivity contribution is 5.31. The number of nitrogens with zero attached hydrogens (tertiary/aromatic N) is 7. The minimum Gasteiger partial charge on any atom is -0.390 e. The van der Waals surface area contributed by atoms with Gasteiger partial charge in [-0.05, 0) is 17.1 Å². The van der Waals surface area contributed by atoms with Crippen LogP contribution < -0.4 is 0 Å². The monoisotopic (exact) mass is 307 g/mol. The Balaban J connectivity index is 1.80. The fourth-order valence-corrected chi connectivity index (χ4v) is 1.74. The molecule has 112 valence electrons. The van der Waals surface area contributed by atoms with E-state index in [2.05, 4.69) is 20.4 Å². The van der Waals surface area contributed by atoms with Crippen LogP contribution in [-0.2, 0) is 6.54 Å². The van der Waals surface area contributed by atoms with Gasteiger partial charge in [-0.1, -0.05) is 10.2 Å². The molecule has 0 bridgehead atoms. The minimum absolute atomic E-state index is 0.102. The number of nitro groups is 1. The molecule has 11 heteroatoms. The highest BCUT2D eigenvalue weighted by atomic mass is 19.2. The normalized spacial score (nSPS) is 10.8. The molecule has 0 aliphatic rings. The summed E-state index contributed by atoms with van der Waals surface area (Å²) in [6.45, 7) is 0.102. The summed E-state index contributed by atoms with van der Waals surface area (Å²) < 4.78 is 28.5. The number of rotatable bonds is 4. The SMILES string of the molecule is O=[N+]([O-])c1ncn(Cc2cn(-c3ccc(F)c(F)c3)nn2)n1. The molecule has 0 fully saturated rings. The van der Waals surface area contributed by atoms with Crippen molar-refractivity contribution in [1.82, 2.24) is 29.8 Å². The predicted octanol–water partition coefficient (Wildman–Crippen LogP) is 1.09. The van der Waals surface area contributed by atoms with Gasteiger partial charge in [-0.3, -0.25) is 0 Å². The molecule has 0 aliphatic heterocycles. The lowest BCUT2D eigenvalue weighted by Gasteiger charge is -2.00. The van der Waals surface area contributed by atoms with Gasteiger partial charge in [0, 0.05) is 11.2 Å². The highest BCUT2D eigenvalue weighted by Crippen LogP contribution is 2.12. The number of benzene rings is 1. The van der Waals surface area contributed by atoms with Crippen molar-refractivity contribution in [3.05, 3.63) is 58.2 Å². The van der Waals surface area contributed by atoms with Crippen molar-refractivity contribution in [3.63, 3.8) is 0 Å². The molecular weight excluding hydrogens is 300 g/mol. The maximum absolute atomic E-state index is 13.2. The molecular formula is C11H7F2N7O2. The van der Waals surface area contributed by atoms with Crippen LogP contribution in [-0.4, -0.2) is 34.7 Å². The molecule has 0 amide bonds. The second kappa shape index (κ2) is 5.27. The molecule has 3 rings (SSSR count). The molecule has 0 N–H and O–H groups in total. The lowest BCUT2D eigenvalue weighted by molar-refractivity contribution is -0.394. The quantitative estimate of drug-likeness (QED) is 0.528. The molecule has 0 saturated carbocycles. The standard InChI is InChI=1S/C11H7F2N7O2/c12-9-2-1-8(3-10(9)13)19-5-7(15-17-19)4-18-6-14-11(16-18)20(21)22/h1-3,5-6H,4H2. The maximum atomic E-state index is 13.2. The van der Waals surface area contributed by atoms with Crippen molar-refractivity contribution < 1.29 is 13.7 Å². The average Bonchev–Trinajstić information content (AvgIpc) is 3.12. The largest absolute Gasteiger partial charge is 0.490 e. The summed E-state index contributed by atoms with van der Waals surface area (Å²) >= 11 is 0. The Morgan fingerprint density at radius 1 is 1.27 bits per heavy atom. The van der Waals surface area contributed by atoms with Crippen LogP contribution in [0.2, 0.25) is 0 Å². The second-order valence-electron chi connectivity index (χ2n) is 4.25. The Hall–Kier alpha value is -3.24. The Morgan fingerprint density at radius 3 is 2.77 bits per heavy atom. The molecule has 0 unspecified atom stereocenters. The zero-order chi connectivity index (χ0) is 15.7. The summed E-state index contributed by atoms with van der Waals surface area (Å²) in [5.74, 6) is -2.48. The van der Waals surface area contributed by atoms with Crippen molar-refractivity contribution in [2.45, 2.75) is 6.54 Å². The first-order valence-electron chi connectivity index (χ1n) is 5.93. The summed E-state index contributed by atoms with van der Waals surface area (Å²) in [4.78, 5) is 13.3. The first-order valence-corrected chi connectivity index (χ1v) is 5.93. The molecule has 1 aromatic carbocycles. The highest BCUT2D eigenvalue weighted by Gasteiger charge is 2.14. The van der Waals surface area contributed by atoms with E-state index >= 15 is 0 Å². The third-order valence-corrected chi connectivity index (χ3v) is 2.72. The van der Waals surface area contributed by atoms with E-state index in [1.165, 1.54) is 28.0 Å². The van der Waals surface area contributed by atoms with Crippen LogP contribution in [0.3, 0.4) is 0 Å². The van der Waals surface area contributed by atoms with Gasteiger partial charge in [-0.15, -0.1) is 5.10 Å². The van der Waals surface area contributed by atoms with E-state index in [1.54, 1.807) is 0 Å². The molecule has 0 aliphatic carbocycles. The molecule has 0 spiro atoms. The minimum atomic E-state index is -0.999. The van der Waals surface area contributed by atoms with Gasteiger partial charge in [0.1, 0.15) is 12.2 Å². The van der Waals surface area contributed by atoms with Gasteiger partial charge >= 0.3 is 5.95 Å². The zero-order valence-electron chi connectivity index (χ0n) is 10.8. The number of halogens is 2. The Labute approximate surface area is 121 Å². The van der Waals surface area contributed by atoms with E-state index in [0.29, 0.717) is 11.4 Å². The number of aromatic nitrogens is 6. The van der Waals surface area contributed by atoms with E-state index in [1.807, 2.05) is 0 Å². The van der Waals surface area contributed by atoms with Crippen LogP contribution >= 0.6 is 0 Å². The maximum Gasteiger partial charge on any atom is 0.490 e. The van der Waals surface area contributed by atoms with Gasteiger partial charge in [0.2, 0.25) is 6.33 Å². The Kier molecular flexibility index (Phi) is 3.29. The molecule has 0 radical (unpaired) electrons. The fraction of sp³-hybridized carbons (Fsp3) is 0.0909. The van der Waals surface area contributed by atoms with Crippen molar-refractivity contribution in [2.75, 3.05) is 0 Å². The third kappa shape index (κ3) is 2.63. The topological polar surface area (TPSA) is 105 Å². The van der Waals surface area contributed by atoms with Gasteiger partial charge in [0.15, 0.2) is 11.6 Å². The summed E-state index contributed by atoms with van der Waals surface area (Å²) in [6, 6.07) is 3.30. The van der Waals surface area contributed by atoms with Gasteiger partial charge in [-0.25, -0.2) is 13.5 Å². The van der Waals surface area contributed by atoms with Crippen LogP contribution in [0.1, 0.15) is 5.69 Å². The van der Waals surface area contributed by atoms with Crippen LogP contribution in [0.15, 0.2) is 30.7 Å². The lowest BCUT2D eigenvalue weighted by Crippen LogP contribution is -2.01. The van der Waals surface area contributed by atoms with Gasteiger partial charge in [0.05, 0.1) is 11.9 Å². The van der Waals surface area contributed by atoms with E-state index in [4.69, 9.17) is 0 Å². The van der Waals surface area contributed by atoms with Crippen LogP contribution in [0.4, 0.5) is 14.7 Å². The van der Waals surface area contributed by atoms with Crippen molar-refractivity contribution in [2.24, 2.45) is 0 Å². The Bertz CT molecular complexity index is 845. The average molecular weight is 307 g/mol. The molecule has 0 saturated heterocycles. The summed E-state index contributed by atoms with van der Waals surface area (Å²) in [5.41, 5.74) is 0.715. The molecule has 9 nitrogen and oxygen atoms in total. The molecule has 3 aromatic rings. The molecule has 2 aromatic heterocycles. The number of hydrogen-bond donors (Lipinski definition) is 0. The lowest BCUT2D eigenvalue weighted by atomic mass is 10.3. The molecule has 2 heterocycles. The van der Waals surface area contributed by atoms with E-state index < -0.39 is 22.5 Å². The van der Waals surface area contributed by atoms with Gasteiger partial charge < -0.3 is 10.1 Å². The van der Waals surface area contributed by atoms with Crippen molar-refractivity contribution in [1.29, 1.82) is 0 Å². The summed E-state index contributed by atoms with van der Waals surface area (Å²) in [7, 11) is 0. The van der Waals surface area contributed by atoms with Crippen molar-refractivity contribution >= 4 is 5.95 Å². The molecule has 0 atom stereocenters. The number of hydrogen-bond acceptors (Lipinski definition) is 6. The van der Waals surface area contributed by atoms with Gasteiger partial charge in [0.25, 0.3) is 0 Å². The first-order chi connectivity index (χ1) is 10.5. The van der Waals surface area contributed by atoms with Crippen molar-refractivity contribution in [3.8, 4) is 5.69 Å². The fourth-order valence-electron chi connectivity index (χ4n) is 1.74. The second-order valence-corrected chi connectivity index (χ2v) is 4.25. The summed E-state index contributed by atoms with van der Waals surface area (Å²) in [5, 5.41) is 21.7. The Morgan fingerprint density at radius 2 is 2.09 bits per heavy atom. The van der Waals surface area contributed by atoms with Gasteiger partial charge in [-0.2, -0.15) is 4.68 Å².